The van der Waals surface area contributed by atoms with Crippen LogP contribution in [0.3, 0.4) is 0 Å². The minimum Gasteiger partial charge on any atom is -0.336 e. The molecule has 1 aromatic heterocycles. The van der Waals surface area contributed by atoms with Gasteiger partial charge in [-0.25, -0.2) is 4.98 Å². The van der Waals surface area contributed by atoms with Gasteiger partial charge in [-0.1, -0.05) is 0 Å². The SMILES string of the molecule is CC(Cn1ccnc1)N1CCC(CN)C1. The number of likely N-dealkylation sites (tertiary alicyclic amines) is 1. The Morgan fingerprint density at radius 1 is 1.60 bits per heavy atom. The van der Waals surface area contributed by atoms with Gasteiger partial charge >= 0.3 is 0 Å². The first-order chi connectivity index (χ1) is 7.29. The monoisotopic (exact) mass is 208 g/mol. The zero-order chi connectivity index (χ0) is 10.7. The first-order valence-corrected chi connectivity index (χ1v) is 5.69. The van der Waals surface area contributed by atoms with Gasteiger partial charge in [0.2, 0.25) is 0 Å². The summed E-state index contributed by atoms with van der Waals surface area (Å²) in [5.74, 6) is 0.704. The molecule has 0 aliphatic carbocycles. The lowest BCUT2D eigenvalue weighted by Crippen LogP contribution is -2.34. The molecule has 0 radical (unpaired) electrons. The Morgan fingerprint density at radius 3 is 3.07 bits per heavy atom. The zero-order valence-corrected chi connectivity index (χ0v) is 9.34. The summed E-state index contributed by atoms with van der Waals surface area (Å²) in [4.78, 5) is 6.58. The maximum atomic E-state index is 5.69. The van der Waals surface area contributed by atoms with E-state index in [0.717, 1.165) is 19.6 Å². The van der Waals surface area contributed by atoms with Crippen LogP contribution >= 0.6 is 0 Å². The molecule has 1 aliphatic rings. The van der Waals surface area contributed by atoms with Gasteiger partial charge < -0.3 is 10.3 Å². The van der Waals surface area contributed by atoms with Gasteiger partial charge in [0.15, 0.2) is 0 Å². The molecule has 0 amide bonds. The van der Waals surface area contributed by atoms with Gasteiger partial charge in [0.1, 0.15) is 0 Å². The van der Waals surface area contributed by atoms with Crippen LogP contribution < -0.4 is 5.73 Å². The fourth-order valence-electron chi connectivity index (χ4n) is 2.27. The van der Waals surface area contributed by atoms with E-state index in [2.05, 4.69) is 21.4 Å². The summed E-state index contributed by atoms with van der Waals surface area (Å²) in [6.45, 7) is 6.48. The number of hydrogen-bond donors (Lipinski definition) is 1. The minimum atomic E-state index is 0.579. The Kier molecular flexibility index (Phi) is 3.38. The molecule has 2 rings (SSSR count). The molecule has 1 aromatic rings. The van der Waals surface area contributed by atoms with Crippen LogP contribution in [0.1, 0.15) is 13.3 Å². The van der Waals surface area contributed by atoms with E-state index in [4.69, 9.17) is 5.73 Å². The van der Waals surface area contributed by atoms with Crippen LogP contribution in [0.2, 0.25) is 0 Å². The van der Waals surface area contributed by atoms with Crippen LogP contribution in [0.15, 0.2) is 18.7 Å². The van der Waals surface area contributed by atoms with Crippen molar-refractivity contribution < 1.29 is 0 Å². The number of rotatable bonds is 4. The minimum absolute atomic E-state index is 0.579. The lowest BCUT2D eigenvalue weighted by atomic mass is 10.1. The third kappa shape index (κ3) is 2.58. The van der Waals surface area contributed by atoms with Gasteiger partial charge in [-0.05, 0) is 32.4 Å². The highest BCUT2D eigenvalue weighted by atomic mass is 15.2. The third-order valence-corrected chi connectivity index (χ3v) is 3.31. The highest BCUT2D eigenvalue weighted by molar-refractivity contribution is 4.82. The van der Waals surface area contributed by atoms with Crippen LogP contribution in [0.5, 0.6) is 0 Å². The predicted molar refractivity (Wildman–Crippen MR) is 60.4 cm³/mol. The van der Waals surface area contributed by atoms with E-state index in [1.165, 1.54) is 13.0 Å². The Balaban J connectivity index is 1.84. The number of nitrogens with zero attached hydrogens (tertiary/aromatic N) is 3. The summed E-state index contributed by atoms with van der Waals surface area (Å²) >= 11 is 0. The van der Waals surface area contributed by atoms with Crippen molar-refractivity contribution in [1.82, 2.24) is 14.5 Å². The van der Waals surface area contributed by atoms with E-state index in [1.54, 1.807) is 0 Å². The molecule has 2 unspecified atom stereocenters. The topological polar surface area (TPSA) is 47.1 Å². The van der Waals surface area contributed by atoms with E-state index in [-0.39, 0.29) is 0 Å². The van der Waals surface area contributed by atoms with E-state index in [0.29, 0.717) is 12.0 Å². The van der Waals surface area contributed by atoms with Gasteiger partial charge in [-0.2, -0.15) is 0 Å². The standard InChI is InChI=1S/C11H20N4/c1-10(7-14-5-3-13-9-14)15-4-2-11(6-12)8-15/h3,5,9-11H,2,4,6-8,12H2,1H3. The molecule has 1 aliphatic heterocycles. The van der Waals surface area contributed by atoms with E-state index in [1.807, 2.05) is 18.7 Å². The van der Waals surface area contributed by atoms with Crippen LogP contribution in [-0.2, 0) is 6.54 Å². The zero-order valence-electron chi connectivity index (χ0n) is 9.34. The first kappa shape index (κ1) is 10.6. The van der Waals surface area contributed by atoms with Crippen molar-refractivity contribution in [2.45, 2.75) is 25.9 Å². The van der Waals surface area contributed by atoms with E-state index >= 15 is 0 Å². The van der Waals surface area contributed by atoms with Crippen molar-refractivity contribution in [3.05, 3.63) is 18.7 Å². The molecule has 0 saturated carbocycles. The molecule has 2 atom stereocenters. The van der Waals surface area contributed by atoms with Gasteiger partial charge in [0.25, 0.3) is 0 Å². The quantitative estimate of drug-likeness (QED) is 0.786. The molecule has 2 heterocycles. The summed E-state index contributed by atoms with van der Waals surface area (Å²) in [7, 11) is 0. The Labute approximate surface area is 91.1 Å². The maximum Gasteiger partial charge on any atom is 0.0946 e. The van der Waals surface area contributed by atoms with Crippen molar-refractivity contribution >= 4 is 0 Å². The van der Waals surface area contributed by atoms with Gasteiger partial charge in [-0.15, -0.1) is 0 Å². The second-order valence-electron chi connectivity index (χ2n) is 4.49. The number of imidazole rings is 1. The molecule has 0 spiro atoms. The predicted octanol–water partition coefficient (Wildman–Crippen LogP) is 0.552. The van der Waals surface area contributed by atoms with Crippen LogP contribution in [0.25, 0.3) is 0 Å². The summed E-state index contributed by atoms with van der Waals surface area (Å²) in [6.07, 6.45) is 6.99. The number of nitrogens with two attached hydrogens (primary N) is 1. The molecular formula is C11H20N4. The van der Waals surface area contributed by atoms with Crippen molar-refractivity contribution in [2.24, 2.45) is 11.7 Å². The largest absolute Gasteiger partial charge is 0.336 e. The summed E-state index contributed by atoms with van der Waals surface area (Å²) in [5.41, 5.74) is 5.69. The smallest absolute Gasteiger partial charge is 0.0946 e. The summed E-state index contributed by atoms with van der Waals surface area (Å²) < 4.78 is 2.14. The third-order valence-electron chi connectivity index (χ3n) is 3.31. The van der Waals surface area contributed by atoms with Crippen LogP contribution in [-0.4, -0.2) is 40.1 Å². The highest BCUT2D eigenvalue weighted by Gasteiger charge is 2.24. The number of hydrogen-bond acceptors (Lipinski definition) is 3. The van der Waals surface area contributed by atoms with Gasteiger partial charge in [0, 0.05) is 31.5 Å². The van der Waals surface area contributed by atoms with Gasteiger partial charge in [-0.3, -0.25) is 4.90 Å². The molecule has 1 fully saturated rings. The Hall–Kier alpha value is -0.870. The van der Waals surface area contributed by atoms with Gasteiger partial charge in [0.05, 0.1) is 6.33 Å². The van der Waals surface area contributed by atoms with Crippen LogP contribution in [0, 0.1) is 5.92 Å². The highest BCUT2D eigenvalue weighted by Crippen LogP contribution is 2.18. The van der Waals surface area contributed by atoms with Crippen LogP contribution in [0.4, 0.5) is 0 Å². The molecule has 2 N–H and O–H groups in total. The lowest BCUT2D eigenvalue weighted by molar-refractivity contribution is 0.228. The molecular weight excluding hydrogens is 188 g/mol. The fourth-order valence-corrected chi connectivity index (χ4v) is 2.27. The molecule has 84 valence electrons. The van der Waals surface area contributed by atoms with Crippen molar-refractivity contribution in [2.75, 3.05) is 19.6 Å². The Bertz CT molecular complexity index is 283. The average molecular weight is 208 g/mol. The molecule has 0 aromatic carbocycles. The molecule has 0 bridgehead atoms. The second kappa shape index (κ2) is 4.77. The molecule has 4 nitrogen and oxygen atoms in total. The van der Waals surface area contributed by atoms with E-state index < -0.39 is 0 Å². The van der Waals surface area contributed by atoms with Crippen molar-refractivity contribution in [3.63, 3.8) is 0 Å². The average Bonchev–Trinajstić information content (AvgIpc) is 2.86. The van der Waals surface area contributed by atoms with Crippen molar-refractivity contribution in [3.8, 4) is 0 Å². The van der Waals surface area contributed by atoms with Crippen molar-refractivity contribution in [1.29, 1.82) is 0 Å². The summed E-state index contributed by atoms with van der Waals surface area (Å²) in [5, 5.41) is 0. The first-order valence-electron chi connectivity index (χ1n) is 5.69. The summed E-state index contributed by atoms with van der Waals surface area (Å²) in [6, 6.07) is 0.579. The Morgan fingerprint density at radius 2 is 2.47 bits per heavy atom. The molecule has 1 saturated heterocycles. The van der Waals surface area contributed by atoms with E-state index in [9.17, 15) is 0 Å². The molecule has 15 heavy (non-hydrogen) atoms. The normalized spacial score (nSPS) is 24.5. The fraction of sp³-hybridized carbons (Fsp3) is 0.727. The molecule has 4 heteroatoms. The lowest BCUT2D eigenvalue weighted by Gasteiger charge is -2.24. The second-order valence-corrected chi connectivity index (χ2v) is 4.49. The number of aromatic nitrogens is 2. The maximum absolute atomic E-state index is 5.69.